The van der Waals surface area contributed by atoms with Gasteiger partial charge in [-0.05, 0) is 37.6 Å². The van der Waals surface area contributed by atoms with Crippen molar-refractivity contribution in [1.82, 2.24) is 5.32 Å². The summed E-state index contributed by atoms with van der Waals surface area (Å²) in [6.07, 6.45) is 2.07. The van der Waals surface area contributed by atoms with Gasteiger partial charge in [0.25, 0.3) is 0 Å². The lowest BCUT2D eigenvalue weighted by molar-refractivity contribution is 0.177. The average molecular weight is 221 g/mol. The Balaban J connectivity index is 2.00. The summed E-state index contributed by atoms with van der Waals surface area (Å²) in [5, 5.41) is 12.8. The highest BCUT2D eigenvalue weighted by atomic mass is 16.5. The SMILES string of the molecule is CNC(Cc1cccc(O)c1)C1CCOC1. The first-order valence-corrected chi connectivity index (χ1v) is 5.82. The Kier molecular flexibility index (Phi) is 3.80. The molecule has 1 heterocycles. The molecule has 3 nitrogen and oxygen atoms in total. The molecule has 0 aliphatic carbocycles. The van der Waals surface area contributed by atoms with E-state index in [1.165, 1.54) is 5.56 Å². The molecule has 0 saturated carbocycles. The Morgan fingerprint density at radius 1 is 1.56 bits per heavy atom. The zero-order valence-corrected chi connectivity index (χ0v) is 9.65. The van der Waals surface area contributed by atoms with E-state index in [9.17, 15) is 5.11 Å². The van der Waals surface area contributed by atoms with Crippen LogP contribution in [0.5, 0.6) is 5.75 Å². The summed E-state index contributed by atoms with van der Waals surface area (Å²) in [4.78, 5) is 0. The van der Waals surface area contributed by atoms with Gasteiger partial charge in [0, 0.05) is 18.6 Å². The van der Waals surface area contributed by atoms with Gasteiger partial charge in [0.05, 0.1) is 6.61 Å². The first kappa shape index (κ1) is 11.4. The average Bonchev–Trinajstić information content (AvgIpc) is 2.79. The molecule has 0 spiro atoms. The minimum absolute atomic E-state index is 0.343. The maximum atomic E-state index is 9.42. The predicted molar refractivity (Wildman–Crippen MR) is 63.6 cm³/mol. The summed E-state index contributed by atoms with van der Waals surface area (Å²) < 4.78 is 5.41. The lowest BCUT2D eigenvalue weighted by atomic mass is 9.93. The van der Waals surface area contributed by atoms with E-state index in [1.807, 2.05) is 19.2 Å². The van der Waals surface area contributed by atoms with E-state index in [2.05, 4.69) is 11.4 Å². The normalized spacial score (nSPS) is 22.2. The summed E-state index contributed by atoms with van der Waals surface area (Å²) in [6.45, 7) is 1.73. The van der Waals surface area contributed by atoms with E-state index in [0.29, 0.717) is 17.7 Å². The highest BCUT2D eigenvalue weighted by Gasteiger charge is 2.24. The molecule has 2 atom stereocenters. The summed E-state index contributed by atoms with van der Waals surface area (Å²) in [5.74, 6) is 0.933. The molecule has 0 bridgehead atoms. The van der Waals surface area contributed by atoms with E-state index in [1.54, 1.807) is 6.07 Å². The molecule has 1 aromatic rings. The maximum absolute atomic E-state index is 9.42. The molecule has 1 fully saturated rings. The molecular weight excluding hydrogens is 202 g/mol. The molecule has 1 aromatic carbocycles. The molecule has 1 aliphatic rings. The van der Waals surface area contributed by atoms with E-state index in [4.69, 9.17) is 4.74 Å². The second kappa shape index (κ2) is 5.32. The molecule has 88 valence electrons. The van der Waals surface area contributed by atoms with Gasteiger partial charge in [0.1, 0.15) is 5.75 Å². The smallest absolute Gasteiger partial charge is 0.115 e. The molecule has 0 amide bonds. The molecule has 2 unspecified atom stereocenters. The summed E-state index contributed by atoms with van der Waals surface area (Å²) in [7, 11) is 1.99. The van der Waals surface area contributed by atoms with Gasteiger partial charge in [0.2, 0.25) is 0 Å². The number of hydrogen-bond acceptors (Lipinski definition) is 3. The van der Waals surface area contributed by atoms with Crippen molar-refractivity contribution in [2.24, 2.45) is 5.92 Å². The van der Waals surface area contributed by atoms with Gasteiger partial charge < -0.3 is 15.2 Å². The predicted octanol–water partition coefficient (Wildman–Crippen LogP) is 1.56. The highest BCUT2D eigenvalue weighted by Crippen LogP contribution is 2.21. The summed E-state index contributed by atoms with van der Waals surface area (Å²) >= 11 is 0. The third-order valence-corrected chi connectivity index (χ3v) is 3.27. The highest BCUT2D eigenvalue weighted by molar-refractivity contribution is 5.27. The third kappa shape index (κ3) is 2.74. The van der Waals surface area contributed by atoms with Crippen LogP contribution >= 0.6 is 0 Å². The van der Waals surface area contributed by atoms with E-state index in [-0.39, 0.29) is 0 Å². The Morgan fingerprint density at radius 3 is 3.06 bits per heavy atom. The number of benzene rings is 1. The standard InChI is InChI=1S/C13H19NO2/c1-14-13(11-5-6-16-9-11)8-10-3-2-4-12(15)7-10/h2-4,7,11,13-15H,5-6,8-9H2,1H3. The lowest BCUT2D eigenvalue weighted by Crippen LogP contribution is -2.35. The van der Waals surface area contributed by atoms with Crippen molar-refractivity contribution in [3.63, 3.8) is 0 Å². The number of phenols is 1. The first-order chi connectivity index (χ1) is 7.79. The van der Waals surface area contributed by atoms with Crippen LogP contribution in [0.3, 0.4) is 0 Å². The Bertz CT molecular complexity index is 334. The molecule has 1 aliphatic heterocycles. The van der Waals surface area contributed by atoms with Crippen molar-refractivity contribution in [2.45, 2.75) is 18.9 Å². The Labute approximate surface area is 96.4 Å². The van der Waals surface area contributed by atoms with E-state index in [0.717, 1.165) is 26.1 Å². The van der Waals surface area contributed by atoms with Crippen molar-refractivity contribution in [1.29, 1.82) is 0 Å². The van der Waals surface area contributed by atoms with Gasteiger partial charge in [0.15, 0.2) is 0 Å². The van der Waals surface area contributed by atoms with Crippen molar-refractivity contribution < 1.29 is 9.84 Å². The zero-order valence-electron chi connectivity index (χ0n) is 9.65. The fraction of sp³-hybridized carbons (Fsp3) is 0.538. The number of ether oxygens (including phenoxy) is 1. The van der Waals surface area contributed by atoms with Crippen molar-refractivity contribution in [2.75, 3.05) is 20.3 Å². The van der Waals surface area contributed by atoms with E-state index >= 15 is 0 Å². The quantitative estimate of drug-likeness (QED) is 0.810. The Morgan fingerprint density at radius 2 is 2.44 bits per heavy atom. The van der Waals surface area contributed by atoms with Crippen LogP contribution in [0.25, 0.3) is 0 Å². The van der Waals surface area contributed by atoms with Crippen molar-refractivity contribution in [3.05, 3.63) is 29.8 Å². The number of phenolic OH excluding ortho intramolecular Hbond substituents is 1. The number of rotatable bonds is 4. The van der Waals surface area contributed by atoms with Crippen LogP contribution in [0.1, 0.15) is 12.0 Å². The van der Waals surface area contributed by atoms with Gasteiger partial charge in [-0.2, -0.15) is 0 Å². The second-order valence-electron chi connectivity index (χ2n) is 4.39. The molecule has 2 N–H and O–H groups in total. The van der Waals surface area contributed by atoms with Gasteiger partial charge in [-0.1, -0.05) is 12.1 Å². The number of nitrogens with one attached hydrogen (secondary N) is 1. The molecule has 3 heteroatoms. The molecule has 0 radical (unpaired) electrons. The maximum Gasteiger partial charge on any atom is 0.115 e. The van der Waals surface area contributed by atoms with Crippen LogP contribution in [0, 0.1) is 5.92 Å². The number of likely N-dealkylation sites (N-methyl/N-ethyl adjacent to an activating group) is 1. The van der Waals surface area contributed by atoms with Crippen LogP contribution in [0.2, 0.25) is 0 Å². The zero-order chi connectivity index (χ0) is 11.4. The van der Waals surface area contributed by atoms with Crippen molar-refractivity contribution in [3.8, 4) is 5.75 Å². The molecule has 16 heavy (non-hydrogen) atoms. The number of hydrogen-bond donors (Lipinski definition) is 2. The fourth-order valence-electron chi connectivity index (χ4n) is 2.31. The van der Waals surface area contributed by atoms with Gasteiger partial charge in [-0.15, -0.1) is 0 Å². The first-order valence-electron chi connectivity index (χ1n) is 5.82. The van der Waals surface area contributed by atoms with Gasteiger partial charge in [-0.3, -0.25) is 0 Å². The minimum atomic E-state index is 0.343. The Hall–Kier alpha value is -1.06. The minimum Gasteiger partial charge on any atom is -0.508 e. The van der Waals surface area contributed by atoms with E-state index < -0.39 is 0 Å². The van der Waals surface area contributed by atoms with Crippen LogP contribution < -0.4 is 5.32 Å². The van der Waals surface area contributed by atoms with Gasteiger partial charge >= 0.3 is 0 Å². The van der Waals surface area contributed by atoms with Crippen LogP contribution in [0.15, 0.2) is 24.3 Å². The third-order valence-electron chi connectivity index (χ3n) is 3.27. The lowest BCUT2D eigenvalue weighted by Gasteiger charge is -2.21. The van der Waals surface area contributed by atoms with Crippen LogP contribution in [-0.2, 0) is 11.2 Å². The number of aromatic hydroxyl groups is 1. The molecular formula is C13H19NO2. The summed E-state index contributed by atoms with van der Waals surface area (Å²) in [6, 6.07) is 7.92. The summed E-state index contributed by atoms with van der Waals surface area (Å²) in [5.41, 5.74) is 1.17. The van der Waals surface area contributed by atoms with Crippen LogP contribution in [0.4, 0.5) is 0 Å². The van der Waals surface area contributed by atoms with Crippen molar-refractivity contribution >= 4 is 0 Å². The molecule has 2 rings (SSSR count). The largest absolute Gasteiger partial charge is 0.508 e. The monoisotopic (exact) mass is 221 g/mol. The van der Waals surface area contributed by atoms with Crippen LogP contribution in [-0.4, -0.2) is 31.4 Å². The molecule has 1 saturated heterocycles. The van der Waals surface area contributed by atoms with Gasteiger partial charge in [-0.25, -0.2) is 0 Å². The second-order valence-corrected chi connectivity index (χ2v) is 4.39. The topological polar surface area (TPSA) is 41.5 Å². The molecule has 0 aromatic heterocycles. The fourth-order valence-corrected chi connectivity index (χ4v) is 2.31.